The molecule has 138 heavy (non-hydrogen) atoms. The van der Waals surface area contributed by atoms with E-state index >= 15 is 0 Å². The third-order valence-electron chi connectivity index (χ3n) is 25.1. The Morgan fingerprint density at radius 3 is 1.21 bits per heavy atom. The minimum atomic E-state index is -0.969. The van der Waals surface area contributed by atoms with Gasteiger partial charge in [-0.25, -0.2) is 28.8 Å². The molecule has 0 radical (unpaired) electrons. The number of amides is 11. The molecule has 9 saturated heterocycles. The van der Waals surface area contributed by atoms with Crippen LogP contribution >= 0.6 is 0 Å². The van der Waals surface area contributed by atoms with Crippen molar-refractivity contribution in [2.45, 2.75) is 219 Å². The van der Waals surface area contributed by atoms with E-state index in [1.165, 1.54) is 50.2 Å². The van der Waals surface area contributed by atoms with Gasteiger partial charge >= 0.3 is 48.0 Å². The number of H-pyrrole nitrogens is 2. The van der Waals surface area contributed by atoms with E-state index in [0.717, 1.165) is 60.6 Å². The van der Waals surface area contributed by atoms with Gasteiger partial charge in [-0.15, -0.1) is 0 Å². The number of carbonyl (C=O) groups is 18. The first kappa shape index (κ1) is 112. The lowest BCUT2D eigenvalue weighted by Gasteiger charge is -2.46. The van der Waals surface area contributed by atoms with Crippen LogP contribution in [0.1, 0.15) is 181 Å². The highest BCUT2D eigenvalue weighted by Crippen LogP contribution is 2.36. The van der Waals surface area contributed by atoms with Gasteiger partial charge in [0.2, 0.25) is 47.3 Å². The lowest BCUT2D eigenvalue weighted by Crippen LogP contribution is -2.65. The van der Waals surface area contributed by atoms with Gasteiger partial charge in [0.05, 0.1) is 61.7 Å². The van der Waals surface area contributed by atoms with Gasteiger partial charge in [0.25, 0.3) is 12.4 Å². The van der Waals surface area contributed by atoms with Crippen molar-refractivity contribution in [1.29, 1.82) is 0 Å². The molecule has 2 aromatic heterocycles. The molecule has 18 atom stereocenters. The van der Waals surface area contributed by atoms with Crippen LogP contribution in [0.4, 0.5) is 9.59 Å². The zero-order valence-electron chi connectivity index (χ0n) is 81.9. The summed E-state index contributed by atoms with van der Waals surface area (Å²) >= 11 is 0. The number of carboxylic acids is 1. The third kappa shape index (κ3) is 31.1. The minimum Gasteiger partial charge on any atom is -0.496 e. The van der Waals surface area contributed by atoms with Crippen molar-refractivity contribution in [3.63, 3.8) is 0 Å². The van der Waals surface area contributed by atoms with Crippen LogP contribution in [0.25, 0.3) is 21.8 Å². The Kier molecular flexibility index (Phi) is 42.7. The number of hydrogen-bond acceptors (Lipinski definition) is 30. The Bertz CT molecular complexity index is 4880. The maximum atomic E-state index is 13.3. The average Bonchev–Trinajstić information content (AvgIpc) is 1.31. The van der Waals surface area contributed by atoms with Crippen molar-refractivity contribution in [3.8, 4) is 11.5 Å². The van der Waals surface area contributed by atoms with Crippen LogP contribution in [-0.2, 0) is 105 Å². The van der Waals surface area contributed by atoms with Crippen LogP contribution in [0.5, 0.6) is 11.5 Å². The molecule has 9 fully saturated rings. The lowest BCUT2D eigenvalue weighted by atomic mass is 9.84. The van der Waals surface area contributed by atoms with Gasteiger partial charge in [-0.3, -0.25) is 67.3 Å². The van der Waals surface area contributed by atoms with Crippen LogP contribution in [0.15, 0.2) is 48.5 Å². The molecule has 4 aromatic rings. The molecule has 9 aliphatic heterocycles. The van der Waals surface area contributed by atoms with Gasteiger partial charge in [-0.1, -0.05) is 53.2 Å². The Balaban J connectivity index is 0.000000226. The summed E-state index contributed by atoms with van der Waals surface area (Å²) in [5, 5.41) is 35.1. The normalized spacial score (nSPS) is 23.5. The Morgan fingerprint density at radius 2 is 0.855 bits per heavy atom. The van der Waals surface area contributed by atoms with Crippen molar-refractivity contribution in [1.82, 2.24) is 72.5 Å². The first-order chi connectivity index (χ1) is 65.4. The average molecular weight is 1940 g/mol. The van der Waals surface area contributed by atoms with E-state index in [-0.39, 0.29) is 132 Å². The number of hydrogen-bond donors (Lipinski definition) is 13. The van der Waals surface area contributed by atoms with Gasteiger partial charge in [0, 0.05) is 128 Å². The number of esters is 5. The lowest BCUT2D eigenvalue weighted by molar-refractivity contribution is -0.170. The molecule has 44 nitrogen and oxygen atoms in total. The topological polar surface area (TPSA) is 595 Å². The van der Waals surface area contributed by atoms with E-state index in [2.05, 4.69) is 67.3 Å². The molecule has 11 amide bonds. The highest BCUT2D eigenvalue weighted by molar-refractivity contribution is 6.03. The zero-order chi connectivity index (χ0) is 102. The molecule has 44 heteroatoms. The number of nitrogens with zero attached hydrogens (tertiary/aromatic N) is 3. The van der Waals surface area contributed by atoms with Crippen molar-refractivity contribution in [3.05, 3.63) is 59.9 Å². The number of nitrogens with one attached hydrogen (secondary N) is 11. The van der Waals surface area contributed by atoms with Gasteiger partial charge < -0.3 is 121 Å². The van der Waals surface area contributed by atoms with Crippen LogP contribution in [0.3, 0.4) is 0 Å². The standard InChI is InChI=1S/C24H30N4O6.C18H29N3O6.C14H23N3O4.C11H19NO4.C10H9NO3.C9H15NO3.C8H14N2O3/c1-4-13-12-28(23(31)17-11-15-16(26-17)6-5-7-19(15)33-2)20(13)22(30)27-18(24(32)34-3)10-14-8-9-25-21(14)29;1-10-9-21(17(25)27-18(2,3)4)13(10)15(23)20-12(16(24)26-5)8-11-6-7-19-14(11)22;1-3-8-7-16-11(8)13(19)17-10(14(20)21-2)6-9-4-5-15-12(9)18;1-5-8-6-12(9(8)15-7-13)10(14)16-11(2,3)4;1-14-9-4-2-3-7-6(9)5-8(11-7)10(12)13;1-6(9(12)13-2)5-7-3-4-10-8(7)11;1-13-8(12)6(9)4-5-2-3-10-7(5)11/h5-7,11,13-14,18,20,26H,4,8-10,12H2,1-3H3,(H,25,29)(H,27,30);10-13H,6-9H2,1-5H3,(H,19,22)(H,20,23);8-11,16H,3-7H2,1-2H3,(H,15,18)(H,17,19);7-9H,5-6H2,1-4H3;2-5,11H,1H3,(H,12,13);6-7H,3-5H2,1-2H3,(H,10,11);5-6H,2-4,9H2,1H3,(H,10,11)/t13-,14-,18-,20?;10-,11-,12-,13-;8-,9-,10-,11?;8-,9+;;6-,7-;5-,6-/m0000.00/s1. The maximum Gasteiger partial charge on any atom is 0.413 e. The number of aromatic nitrogens is 2. The zero-order valence-corrected chi connectivity index (χ0v) is 81.9. The quantitative estimate of drug-likeness (QED) is 0.0201. The Morgan fingerprint density at radius 1 is 0.478 bits per heavy atom. The molecule has 764 valence electrons. The molecule has 0 spiro atoms. The highest BCUT2D eigenvalue weighted by Gasteiger charge is 2.50. The summed E-state index contributed by atoms with van der Waals surface area (Å²) in [6.07, 6.45) is 6.08. The van der Waals surface area contributed by atoms with E-state index in [0.29, 0.717) is 114 Å². The first-order valence-corrected chi connectivity index (χ1v) is 46.5. The molecule has 2 unspecified atom stereocenters. The highest BCUT2D eigenvalue weighted by atomic mass is 16.6. The summed E-state index contributed by atoms with van der Waals surface area (Å²) in [6.45, 7) is 26.1. The predicted octanol–water partition coefficient (Wildman–Crippen LogP) is 3.78. The molecule has 14 N–H and O–H groups in total. The summed E-state index contributed by atoms with van der Waals surface area (Å²) in [5.41, 5.74) is 6.38. The summed E-state index contributed by atoms with van der Waals surface area (Å²) < 4.78 is 49.3. The summed E-state index contributed by atoms with van der Waals surface area (Å²) in [7, 11) is 9.54. The monoisotopic (exact) mass is 1940 g/mol. The molecule has 0 saturated carbocycles. The Labute approximate surface area is 801 Å². The van der Waals surface area contributed by atoms with Crippen LogP contribution in [0.2, 0.25) is 0 Å². The van der Waals surface area contributed by atoms with E-state index in [1.54, 1.807) is 80.9 Å². The largest absolute Gasteiger partial charge is 0.496 e. The van der Waals surface area contributed by atoms with Gasteiger partial charge in [0.1, 0.15) is 70.3 Å². The maximum absolute atomic E-state index is 13.3. The molecule has 2 aromatic carbocycles. The van der Waals surface area contributed by atoms with Crippen molar-refractivity contribution in [2.75, 3.05) is 109 Å². The minimum absolute atomic E-state index is 0.00546. The fourth-order valence-electron chi connectivity index (χ4n) is 17.1. The second kappa shape index (κ2) is 52.6. The summed E-state index contributed by atoms with van der Waals surface area (Å²) in [5.74, 6) is -4.57. The van der Waals surface area contributed by atoms with Crippen LogP contribution < -0.4 is 63.1 Å². The number of carbonyl (C=O) groups excluding carboxylic acids is 17. The number of carboxylic acid groups (broad SMARTS) is 1. The first-order valence-electron chi connectivity index (χ1n) is 46.5. The fourth-order valence-corrected chi connectivity index (χ4v) is 17.1. The van der Waals surface area contributed by atoms with E-state index in [1.807, 2.05) is 58.0 Å². The molecular weight excluding hydrogens is 1800 g/mol. The number of fused-ring (bicyclic) bond motifs is 2. The Hall–Kier alpha value is -12.9. The second-order valence-electron chi connectivity index (χ2n) is 37.0. The van der Waals surface area contributed by atoms with Crippen LogP contribution in [-0.4, -0.2) is 306 Å². The predicted molar refractivity (Wildman–Crippen MR) is 496 cm³/mol. The van der Waals surface area contributed by atoms with Crippen LogP contribution in [0, 0.1) is 59.2 Å². The number of nitrogens with two attached hydrogens (primary N) is 1. The number of rotatable bonds is 30. The van der Waals surface area contributed by atoms with Gasteiger partial charge in [0.15, 0.2) is 6.23 Å². The molecule has 0 aliphatic carbocycles. The van der Waals surface area contributed by atoms with E-state index in [4.69, 9.17) is 48.7 Å². The number of ether oxygens (including phenoxy) is 10. The number of aromatic carboxylic acids is 1. The summed E-state index contributed by atoms with van der Waals surface area (Å²) in [6, 6.07) is 9.17. The summed E-state index contributed by atoms with van der Waals surface area (Å²) in [4.78, 5) is 223. The number of methoxy groups -OCH3 is 7. The van der Waals surface area contributed by atoms with Crippen molar-refractivity contribution >= 4 is 129 Å². The third-order valence-corrected chi connectivity index (χ3v) is 25.1. The SMILES string of the molecule is CC[C@H]1CN(C(=O)OC(C)(C)C)[C@@H]1OC=O.CC[C@H]1CN(C(=O)c2cc3c(OC)cccc3[nH]2)C1C(=O)N[C@@H](C[C@@H]1CCNC1=O)C(=O)OC.CC[C@H]1CNC1C(=O)N[C@@H](C[C@@H]1CCNC1=O)C(=O)OC.COC(=O)[C@@H](C)C[C@@H]1CCNC1=O.COC(=O)[C@@H](N)C[C@@H]1CCNC1=O.COC(=O)[C@H](C[C@@H]1CCNC1=O)NC(=O)[C@@H]1[C@@H](C)CN1C(=O)OC(C)(C)C.COc1cccc2[nH]c(C(=O)O)cc12. The van der Waals surface area contributed by atoms with Crippen molar-refractivity contribution < 1.29 is 139 Å². The number of aromatic amines is 2. The van der Waals surface area contributed by atoms with E-state index in [9.17, 15) is 86.3 Å². The molecular formula is C94H139N15O29. The molecule has 13 rings (SSSR count). The second-order valence-corrected chi connectivity index (χ2v) is 37.0. The smallest absolute Gasteiger partial charge is 0.413 e. The van der Waals surface area contributed by atoms with Gasteiger partial charge in [-0.05, 0) is 161 Å². The fraction of sp³-hybridized carbons (Fsp3) is 0.638. The van der Waals surface area contributed by atoms with Gasteiger partial charge in [-0.2, -0.15) is 0 Å². The number of likely N-dealkylation sites (tertiary alicyclic amines) is 3. The molecule has 11 heterocycles. The number of benzene rings is 2. The molecule has 0 bridgehead atoms. The van der Waals surface area contributed by atoms with E-state index < -0.39 is 108 Å². The molecule has 9 aliphatic rings. The van der Waals surface area contributed by atoms with Crippen molar-refractivity contribution in [2.24, 2.45) is 64.9 Å².